The first-order valence-electron chi connectivity index (χ1n) is 6.14. The minimum absolute atomic E-state index is 0.0273. The van der Waals surface area contributed by atoms with E-state index in [9.17, 15) is 4.79 Å². The largest absolute Gasteiger partial charge is 0.330 e. The highest BCUT2D eigenvalue weighted by atomic mass is 79.9. The average molecular weight is 334 g/mol. The third-order valence-corrected chi connectivity index (χ3v) is 4.34. The summed E-state index contributed by atoms with van der Waals surface area (Å²) in [6.45, 7) is 5.04. The van der Waals surface area contributed by atoms with Crippen molar-refractivity contribution >= 4 is 38.3 Å². The maximum absolute atomic E-state index is 11.8. The number of hydrogen-bond acceptors (Lipinski definition) is 4. The molecule has 4 nitrogen and oxygen atoms in total. The SMILES string of the molecule is CC(C)C(CCN)CCC(=O)Nc1ncc(Br)s1. The van der Waals surface area contributed by atoms with E-state index >= 15 is 0 Å². The summed E-state index contributed by atoms with van der Waals surface area (Å²) in [5.41, 5.74) is 5.59. The van der Waals surface area contributed by atoms with Crippen LogP contribution in [0, 0.1) is 11.8 Å². The van der Waals surface area contributed by atoms with Crippen LogP contribution in [0.4, 0.5) is 5.13 Å². The fraction of sp³-hybridized carbons (Fsp3) is 0.667. The van der Waals surface area contributed by atoms with Gasteiger partial charge in [0.2, 0.25) is 5.91 Å². The van der Waals surface area contributed by atoms with Crippen LogP contribution in [0.5, 0.6) is 0 Å². The van der Waals surface area contributed by atoms with Gasteiger partial charge in [0.05, 0.1) is 9.98 Å². The van der Waals surface area contributed by atoms with Crippen molar-refractivity contribution in [3.05, 3.63) is 9.98 Å². The summed E-state index contributed by atoms with van der Waals surface area (Å²) in [5, 5.41) is 3.45. The Morgan fingerprint density at radius 2 is 2.28 bits per heavy atom. The second kappa shape index (κ2) is 7.86. The standard InChI is InChI=1S/C12H20BrN3OS/c1-8(2)9(5-6-14)3-4-11(17)16-12-15-7-10(13)18-12/h7-9H,3-6,14H2,1-2H3,(H,15,16,17). The lowest BCUT2D eigenvalue weighted by atomic mass is 9.88. The summed E-state index contributed by atoms with van der Waals surface area (Å²) in [6, 6.07) is 0. The molecule has 0 saturated carbocycles. The zero-order valence-electron chi connectivity index (χ0n) is 10.8. The maximum Gasteiger partial charge on any atom is 0.226 e. The highest BCUT2D eigenvalue weighted by Gasteiger charge is 2.15. The molecule has 102 valence electrons. The number of rotatable bonds is 7. The molecule has 0 saturated heterocycles. The Hall–Kier alpha value is -0.460. The number of nitrogens with one attached hydrogen (secondary N) is 1. The van der Waals surface area contributed by atoms with Crippen molar-refractivity contribution in [1.82, 2.24) is 4.98 Å². The Balaban J connectivity index is 2.35. The number of amides is 1. The molecule has 1 rings (SSSR count). The third kappa shape index (κ3) is 5.46. The third-order valence-electron chi connectivity index (χ3n) is 2.95. The van der Waals surface area contributed by atoms with Gasteiger partial charge in [-0.3, -0.25) is 4.79 Å². The summed E-state index contributed by atoms with van der Waals surface area (Å²) >= 11 is 4.74. The number of anilines is 1. The van der Waals surface area contributed by atoms with Gasteiger partial charge in [-0.15, -0.1) is 0 Å². The van der Waals surface area contributed by atoms with E-state index in [1.807, 2.05) is 0 Å². The van der Waals surface area contributed by atoms with Gasteiger partial charge in [-0.05, 0) is 47.2 Å². The van der Waals surface area contributed by atoms with Crippen molar-refractivity contribution in [2.45, 2.75) is 33.1 Å². The molecule has 1 amide bonds. The Morgan fingerprint density at radius 3 is 2.78 bits per heavy atom. The number of nitrogens with two attached hydrogens (primary N) is 1. The highest BCUT2D eigenvalue weighted by molar-refractivity contribution is 9.11. The molecule has 6 heteroatoms. The van der Waals surface area contributed by atoms with Crippen molar-refractivity contribution in [2.24, 2.45) is 17.6 Å². The Kier molecular flexibility index (Phi) is 6.81. The van der Waals surface area contributed by atoms with Crippen molar-refractivity contribution < 1.29 is 4.79 Å². The molecule has 0 spiro atoms. The van der Waals surface area contributed by atoms with E-state index in [1.54, 1.807) is 6.20 Å². The topological polar surface area (TPSA) is 68.0 Å². The molecule has 1 atom stereocenters. The van der Waals surface area contributed by atoms with Crippen LogP contribution in [0.3, 0.4) is 0 Å². The molecule has 1 aromatic rings. The average Bonchev–Trinajstić information content (AvgIpc) is 2.69. The van der Waals surface area contributed by atoms with Crippen LogP contribution in [0.15, 0.2) is 9.98 Å². The summed E-state index contributed by atoms with van der Waals surface area (Å²) < 4.78 is 0.918. The first-order chi connectivity index (χ1) is 8.52. The number of carbonyl (C=O) groups excluding carboxylic acids is 1. The first-order valence-corrected chi connectivity index (χ1v) is 7.75. The van der Waals surface area contributed by atoms with Gasteiger partial charge in [0.1, 0.15) is 0 Å². The van der Waals surface area contributed by atoms with Gasteiger partial charge in [-0.1, -0.05) is 25.2 Å². The van der Waals surface area contributed by atoms with Crippen LogP contribution < -0.4 is 11.1 Å². The molecule has 0 aliphatic heterocycles. The molecule has 3 N–H and O–H groups in total. The second-order valence-electron chi connectivity index (χ2n) is 4.64. The Bertz CT molecular complexity index is 381. The number of hydrogen-bond donors (Lipinski definition) is 2. The second-order valence-corrected chi connectivity index (χ2v) is 7.05. The summed E-state index contributed by atoms with van der Waals surface area (Å²) in [5.74, 6) is 1.11. The molecule has 1 aromatic heterocycles. The van der Waals surface area contributed by atoms with Crippen LogP contribution in [-0.4, -0.2) is 17.4 Å². The predicted octanol–water partition coefficient (Wildman–Crippen LogP) is 3.25. The summed E-state index contributed by atoms with van der Waals surface area (Å²) in [6.07, 6.45) is 4.08. The van der Waals surface area contributed by atoms with E-state index in [0.717, 1.165) is 16.6 Å². The van der Waals surface area contributed by atoms with Gasteiger partial charge in [0.15, 0.2) is 5.13 Å². The number of carbonyl (C=O) groups is 1. The smallest absolute Gasteiger partial charge is 0.226 e. The van der Waals surface area contributed by atoms with E-state index in [1.165, 1.54) is 11.3 Å². The van der Waals surface area contributed by atoms with Gasteiger partial charge in [0, 0.05) is 6.42 Å². The maximum atomic E-state index is 11.8. The van der Waals surface area contributed by atoms with Gasteiger partial charge in [0.25, 0.3) is 0 Å². The fourth-order valence-corrected chi connectivity index (χ4v) is 2.96. The summed E-state index contributed by atoms with van der Waals surface area (Å²) in [7, 11) is 0. The van der Waals surface area contributed by atoms with Crippen molar-refractivity contribution in [1.29, 1.82) is 0 Å². The zero-order valence-corrected chi connectivity index (χ0v) is 13.2. The molecule has 1 unspecified atom stereocenters. The molecule has 1 heterocycles. The van der Waals surface area contributed by atoms with Gasteiger partial charge < -0.3 is 11.1 Å². The summed E-state index contributed by atoms with van der Waals surface area (Å²) in [4.78, 5) is 15.8. The Morgan fingerprint density at radius 1 is 1.56 bits per heavy atom. The van der Waals surface area contributed by atoms with E-state index in [2.05, 4.69) is 40.1 Å². The lowest BCUT2D eigenvalue weighted by Crippen LogP contribution is -2.18. The molecule has 0 bridgehead atoms. The minimum Gasteiger partial charge on any atom is -0.330 e. The van der Waals surface area contributed by atoms with Crippen LogP contribution in [0.25, 0.3) is 0 Å². The number of nitrogens with zero attached hydrogens (tertiary/aromatic N) is 1. The molecule has 0 aliphatic rings. The van der Waals surface area contributed by atoms with Crippen LogP contribution >= 0.6 is 27.3 Å². The van der Waals surface area contributed by atoms with Gasteiger partial charge >= 0.3 is 0 Å². The van der Waals surface area contributed by atoms with E-state index in [4.69, 9.17) is 5.73 Å². The Labute approximate surface area is 120 Å². The highest BCUT2D eigenvalue weighted by Crippen LogP contribution is 2.24. The van der Waals surface area contributed by atoms with Crippen molar-refractivity contribution in [2.75, 3.05) is 11.9 Å². The van der Waals surface area contributed by atoms with Crippen molar-refractivity contribution in [3.8, 4) is 0 Å². The lowest BCUT2D eigenvalue weighted by molar-refractivity contribution is -0.116. The first kappa shape index (κ1) is 15.6. The molecule has 0 fully saturated rings. The number of aromatic nitrogens is 1. The van der Waals surface area contributed by atoms with E-state index in [0.29, 0.717) is 29.9 Å². The lowest BCUT2D eigenvalue weighted by Gasteiger charge is -2.19. The minimum atomic E-state index is 0.0273. The number of halogens is 1. The van der Waals surface area contributed by atoms with Gasteiger partial charge in [-0.25, -0.2) is 4.98 Å². The fourth-order valence-electron chi connectivity index (χ4n) is 1.84. The molecule has 18 heavy (non-hydrogen) atoms. The quantitative estimate of drug-likeness (QED) is 0.804. The van der Waals surface area contributed by atoms with Crippen LogP contribution in [-0.2, 0) is 4.79 Å². The number of thiazole rings is 1. The molecule has 0 radical (unpaired) electrons. The molecule has 0 aromatic carbocycles. The van der Waals surface area contributed by atoms with E-state index < -0.39 is 0 Å². The normalized spacial score (nSPS) is 12.7. The monoisotopic (exact) mass is 333 g/mol. The van der Waals surface area contributed by atoms with Crippen LogP contribution in [0.2, 0.25) is 0 Å². The van der Waals surface area contributed by atoms with Gasteiger partial charge in [-0.2, -0.15) is 0 Å². The molecular weight excluding hydrogens is 314 g/mol. The predicted molar refractivity (Wildman–Crippen MR) is 79.7 cm³/mol. The zero-order chi connectivity index (χ0) is 13.5. The van der Waals surface area contributed by atoms with E-state index in [-0.39, 0.29) is 5.91 Å². The van der Waals surface area contributed by atoms with Crippen molar-refractivity contribution in [3.63, 3.8) is 0 Å². The molecular formula is C12H20BrN3OS. The van der Waals surface area contributed by atoms with Crippen LogP contribution in [0.1, 0.15) is 33.1 Å². The molecule has 0 aliphatic carbocycles.